The highest BCUT2D eigenvalue weighted by molar-refractivity contribution is 5.83. The SMILES string of the molecule is CC(C)C1C(C)NNC1C(=O)N1C[C@@H](F)C[C@@H]1C1CCCCC1. The number of hydrazine groups is 1. The van der Waals surface area contributed by atoms with Crippen LogP contribution < -0.4 is 10.9 Å². The van der Waals surface area contributed by atoms with Gasteiger partial charge in [0.25, 0.3) is 0 Å². The smallest absolute Gasteiger partial charge is 0.241 e. The molecule has 0 radical (unpaired) electrons. The van der Waals surface area contributed by atoms with Crippen LogP contribution in [0.5, 0.6) is 0 Å². The van der Waals surface area contributed by atoms with Gasteiger partial charge >= 0.3 is 0 Å². The highest BCUT2D eigenvalue weighted by atomic mass is 19.1. The van der Waals surface area contributed by atoms with Gasteiger partial charge in [0.15, 0.2) is 0 Å². The number of halogens is 1. The maximum absolute atomic E-state index is 14.1. The van der Waals surface area contributed by atoms with Crippen LogP contribution >= 0.6 is 0 Å². The van der Waals surface area contributed by atoms with Crippen LogP contribution in [-0.4, -0.2) is 41.6 Å². The van der Waals surface area contributed by atoms with Gasteiger partial charge in [0.2, 0.25) is 5.91 Å². The number of nitrogens with zero attached hydrogens (tertiary/aromatic N) is 1. The summed E-state index contributed by atoms with van der Waals surface area (Å²) >= 11 is 0. The average molecular weight is 325 g/mol. The summed E-state index contributed by atoms with van der Waals surface area (Å²) in [5.41, 5.74) is 6.41. The molecule has 3 fully saturated rings. The number of rotatable bonds is 3. The van der Waals surface area contributed by atoms with E-state index in [0.717, 1.165) is 12.8 Å². The first kappa shape index (κ1) is 17.2. The van der Waals surface area contributed by atoms with E-state index in [0.29, 0.717) is 18.3 Å². The van der Waals surface area contributed by atoms with Crippen LogP contribution in [0, 0.1) is 17.8 Å². The summed E-state index contributed by atoms with van der Waals surface area (Å²) in [7, 11) is 0. The van der Waals surface area contributed by atoms with Crippen molar-refractivity contribution in [3.05, 3.63) is 0 Å². The Labute approximate surface area is 139 Å². The second kappa shape index (κ2) is 7.06. The Morgan fingerprint density at radius 1 is 1.17 bits per heavy atom. The molecule has 5 atom stereocenters. The van der Waals surface area contributed by atoms with Crippen LogP contribution in [0.1, 0.15) is 59.3 Å². The molecule has 4 nitrogen and oxygen atoms in total. The predicted molar refractivity (Wildman–Crippen MR) is 89.4 cm³/mol. The van der Waals surface area contributed by atoms with Gasteiger partial charge in [0, 0.05) is 24.4 Å². The zero-order valence-electron chi connectivity index (χ0n) is 14.7. The molecule has 1 aliphatic carbocycles. The summed E-state index contributed by atoms with van der Waals surface area (Å²) in [6.07, 6.45) is 5.75. The van der Waals surface area contributed by atoms with Crippen molar-refractivity contribution in [2.45, 2.75) is 83.6 Å². The molecule has 0 aromatic rings. The largest absolute Gasteiger partial charge is 0.335 e. The molecule has 1 saturated carbocycles. The van der Waals surface area contributed by atoms with Gasteiger partial charge in [-0.3, -0.25) is 10.2 Å². The van der Waals surface area contributed by atoms with Gasteiger partial charge in [0.1, 0.15) is 12.2 Å². The van der Waals surface area contributed by atoms with Gasteiger partial charge in [-0.15, -0.1) is 0 Å². The number of carbonyl (C=O) groups is 1. The highest BCUT2D eigenvalue weighted by Gasteiger charge is 2.46. The lowest BCUT2D eigenvalue weighted by molar-refractivity contribution is -0.136. The normalized spacial score (nSPS) is 39.3. The fourth-order valence-electron chi connectivity index (χ4n) is 5.10. The molecule has 1 amide bonds. The molecule has 0 bridgehead atoms. The molecule has 0 aromatic heterocycles. The Morgan fingerprint density at radius 3 is 2.52 bits per heavy atom. The molecule has 0 spiro atoms. The van der Waals surface area contributed by atoms with Crippen molar-refractivity contribution in [2.75, 3.05) is 6.54 Å². The van der Waals surface area contributed by atoms with E-state index in [-0.39, 0.29) is 36.5 Å². The van der Waals surface area contributed by atoms with Gasteiger partial charge in [-0.05, 0) is 31.6 Å². The number of alkyl halides is 1. The third-order valence-electron chi connectivity index (χ3n) is 6.23. The lowest BCUT2D eigenvalue weighted by Gasteiger charge is -2.36. The Kier molecular flexibility index (Phi) is 5.26. The lowest BCUT2D eigenvalue weighted by atomic mass is 9.81. The van der Waals surface area contributed by atoms with Crippen molar-refractivity contribution >= 4 is 5.91 Å². The van der Waals surface area contributed by atoms with Crippen molar-refractivity contribution in [1.29, 1.82) is 0 Å². The predicted octanol–water partition coefficient (Wildman–Crippen LogP) is 2.64. The Bertz CT molecular complexity index is 424. The van der Waals surface area contributed by atoms with E-state index in [4.69, 9.17) is 0 Å². The van der Waals surface area contributed by atoms with Crippen LogP contribution in [0.15, 0.2) is 0 Å². The van der Waals surface area contributed by atoms with Crippen LogP contribution in [0.25, 0.3) is 0 Å². The van der Waals surface area contributed by atoms with E-state index in [9.17, 15) is 9.18 Å². The standard InChI is InChI=1S/C18H32FN3O/c1-11(2)16-12(3)20-21-17(16)18(23)22-10-14(19)9-15(22)13-7-5-4-6-8-13/h11-17,20-21H,4-10H2,1-3H3/t12?,14-,15+,16?,17?/m0/s1. The molecule has 3 rings (SSSR count). The molecule has 2 N–H and O–H groups in total. The van der Waals surface area contributed by atoms with Crippen molar-refractivity contribution in [1.82, 2.24) is 15.8 Å². The molecule has 5 heteroatoms. The van der Waals surface area contributed by atoms with Gasteiger partial charge in [-0.25, -0.2) is 9.82 Å². The number of carbonyl (C=O) groups excluding carboxylic acids is 1. The summed E-state index contributed by atoms with van der Waals surface area (Å²) in [6, 6.07) is 0.158. The van der Waals surface area contributed by atoms with Gasteiger partial charge in [-0.1, -0.05) is 33.1 Å². The van der Waals surface area contributed by atoms with E-state index in [2.05, 4.69) is 31.6 Å². The Morgan fingerprint density at radius 2 is 1.87 bits per heavy atom. The first-order valence-corrected chi connectivity index (χ1v) is 9.44. The van der Waals surface area contributed by atoms with Crippen LogP contribution in [0.3, 0.4) is 0 Å². The molecule has 3 aliphatic rings. The van der Waals surface area contributed by atoms with Crippen molar-refractivity contribution < 1.29 is 9.18 Å². The summed E-state index contributed by atoms with van der Waals surface area (Å²) < 4.78 is 14.1. The van der Waals surface area contributed by atoms with Crippen LogP contribution in [-0.2, 0) is 4.79 Å². The molecule has 132 valence electrons. The van der Waals surface area contributed by atoms with E-state index in [1.54, 1.807) is 0 Å². The molecular weight excluding hydrogens is 293 g/mol. The fourth-order valence-corrected chi connectivity index (χ4v) is 5.10. The van der Waals surface area contributed by atoms with Crippen LogP contribution in [0.4, 0.5) is 4.39 Å². The zero-order chi connectivity index (χ0) is 16.6. The number of likely N-dealkylation sites (tertiary alicyclic amines) is 1. The zero-order valence-corrected chi connectivity index (χ0v) is 14.7. The Hall–Kier alpha value is -0.680. The number of nitrogens with one attached hydrogen (secondary N) is 2. The number of hydrogen-bond donors (Lipinski definition) is 2. The molecular formula is C18H32FN3O. The van der Waals surface area contributed by atoms with Gasteiger partial charge in [0.05, 0.1) is 6.54 Å². The highest BCUT2D eigenvalue weighted by Crippen LogP contribution is 2.36. The molecule has 0 aromatic carbocycles. The van der Waals surface area contributed by atoms with Gasteiger partial charge < -0.3 is 4.90 Å². The third kappa shape index (κ3) is 3.41. The minimum atomic E-state index is -0.852. The average Bonchev–Trinajstić information content (AvgIpc) is 3.10. The van der Waals surface area contributed by atoms with E-state index in [1.807, 2.05) is 4.90 Å². The molecule has 23 heavy (non-hydrogen) atoms. The third-order valence-corrected chi connectivity index (χ3v) is 6.23. The molecule has 2 aliphatic heterocycles. The lowest BCUT2D eigenvalue weighted by Crippen LogP contribution is -2.52. The quantitative estimate of drug-likeness (QED) is 0.838. The maximum atomic E-state index is 14.1. The van der Waals surface area contributed by atoms with E-state index in [1.165, 1.54) is 19.3 Å². The second-order valence-corrected chi connectivity index (χ2v) is 8.17. The fraction of sp³-hybridized carbons (Fsp3) is 0.944. The molecule has 2 heterocycles. The summed E-state index contributed by atoms with van der Waals surface area (Å²) in [6.45, 7) is 6.73. The second-order valence-electron chi connectivity index (χ2n) is 8.17. The number of hydrogen-bond acceptors (Lipinski definition) is 3. The summed E-state index contributed by atoms with van der Waals surface area (Å²) in [5.74, 6) is 1.28. The Balaban J connectivity index is 1.74. The topological polar surface area (TPSA) is 44.4 Å². The van der Waals surface area contributed by atoms with E-state index < -0.39 is 6.17 Å². The van der Waals surface area contributed by atoms with Crippen molar-refractivity contribution in [2.24, 2.45) is 17.8 Å². The first-order chi connectivity index (χ1) is 11.0. The minimum absolute atomic E-state index is 0.108. The van der Waals surface area contributed by atoms with Crippen molar-refractivity contribution in [3.63, 3.8) is 0 Å². The summed E-state index contributed by atoms with van der Waals surface area (Å²) in [5, 5.41) is 0. The van der Waals surface area contributed by atoms with Gasteiger partial charge in [-0.2, -0.15) is 0 Å². The summed E-state index contributed by atoms with van der Waals surface area (Å²) in [4.78, 5) is 15.0. The maximum Gasteiger partial charge on any atom is 0.241 e. The number of amides is 1. The molecule has 2 saturated heterocycles. The molecule has 3 unspecified atom stereocenters. The minimum Gasteiger partial charge on any atom is -0.335 e. The van der Waals surface area contributed by atoms with Crippen LogP contribution in [0.2, 0.25) is 0 Å². The van der Waals surface area contributed by atoms with Crippen molar-refractivity contribution in [3.8, 4) is 0 Å². The van der Waals surface area contributed by atoms with E-state index >= 15 is 0 Å². The monoisotopic (exact) mass is 325 g/mol. The first-order valence-electron chi connectivity index (χ1n) is 9.44.